The first-order valence-corrected chi connectivity index (χ1v) is 11.3. The number of anilines is 1. The van der Waals surface area contributed by atoms with Gasteiger partial charge in [0.05, 0.1) is 4.90 Å². The van der Waals surface area contributed by atoms with Gasteiger partial charge in [0.1, 0.15) is 0 Å². The van der Waals surface area contributed by atoms with Crippen molar-refractivity contribution in [3.63, 3.8) is 0 Å². The van der Waals surface area contributed by atoms with E-state index in [4.69, 9.17) is 0 Å². The molecule has 0 heterocycles. The zero-order valence-electron chi connectivity index (χ0n) is 17.0. The molecule has 0 saturated heterocycles. The zero-order chi connectivity index (χ0) is 20.6. The normalized spacial score (nSPS) is 11.5. The van der Waals surface area contributed by atoms with E-state index in [1.807, 2.05) is 50.2 Å². The van der Waals surface area contributed by atoms with Crippen molar-refractivity contribution >= 4 is 32.4 Å². The molecule has 2 aromatic carbocycles. The molecule has 0 saturated carbocycles. The van der Waals surface area contributed by atoms with Crippen molar-refractivity contribution in [1.29, 1.82) is 0 Å². The summed E-state index contributed by atoms with van der Waals surface area (Å²) in [5.74, 6) is 0.0799. The first kappa shape index (κ1) is 22.2. The maximum absolute atomic E-state index is 12.8. The second-order valence-electron chi connectivity index (χ2n) is 7.08. The maximum Gasteiger partial charge on any atom is 0.241 e. The first-order chi connectivity index (χ1) is 13.4. The highest BCUT2D eigenvalue weighted by atomic mass is 32.2. The number of sulfonamides is 1. The third-order valence-electron chi connectivity index (χ3n) is 4.58. The van der Waals surface area contributed by atoms with E-state index in [9.17, 15) is 13.2 Å². The summed E-state index contributed by atoms with van der Waals surface area (Å²) in [5, 5.41) is 4.51. The summed E-state index contributed by atoms with van der Waals surface area (Å²) in [5.41, 5.74) is 0.986. The summed E-state index contributed by atoms with van der Waals surface area (Å²) in [6.07, 6.45) is 3.83. The lowest BCUT2D eigenvalue weighted by Crippen LogP contribution is -2.26. The van der Waals surface area contributed by atoms with E-state index >= 15 is 0 Å². The van der Waals surface area contributed by atoms with Crippen LogP contribution in [-0.4, -0.2) is 41.5 Å². The Morgan fingerprint density at radius 1 is 0.964 bits per heavy atom. The Morgan fingerprint density at radius 3 is 2.36 bits per heavy atom. The molecule has 2 N–H and O–H groups in total. The quantitative estimate of drug-likeness (QED) is 0.563. The largest absolute Gasteiger partial charge is 0.377 e. The lowest BCUT2D eigenvalue weighted by Gasteiger charge is -2.17. The van der Waals surface area contributed by atoms with Gasteiger partial charge >= 0.3 is 0 Å². The molecule has 0 aliphatic heterocycles. The number of amides is 1. The van der Waals surface area contributed by atoms with Crippen LogP contribution in [-0.2, 0) is 14.8 Å². The highest BCUT2D eigenvalue weighted by Gasteiger charge is 2.17. The molecule has 0 radical (unpaired) electrons. The Bertz CT molecular complexity index is 895. The average molecular weight is 406 g/mol. The summed E-state index contributed by atoms with van der Waals surface area (Å²) in [6, 6.07) is 11.1. The molecule has 0 aliphatic carbocycles. The predicted octanol–water partition coefficient (Wildman–Crippen LogP) is 3.27. The molecule has 0 aromatic heterocycles. The Labute approximate surface area is 168 Å². The minimum atomic E-state index is -3.58. The predicted molar refractivity (Wildman–Crippen MR) is 115 cm³/mol. The number of nitrogens with zero attached hydrogens (tertiary/aromatic N) is 1. The van der Waals surface area contributed by atoms with Crippen molar-refractivity contribution in [2.75, 3.05) is 32.1 Å². The van der Waals surface area contributed by atoms with E-state index in [0.717, 1.165) is 42.1 Å². The van der Waals surface area contributed by atoms with Gasteiger partial charge in [-0.05, 0) is 31.4 Å². The average Bonchev–Trinajstić information content (AvgIpc) is 2.66. The SMILES string of the molecule is CCCC(=O)NCCCCCNS(=O)(=O)c1cccc2c(N(C)C)cccc12. The molecule has 0 unspecified atom stereocenters. The Balaban J connectivity index is 1.93. The minimum absolute atomic E-state index is 0.0799. The molecule has 0 atom stereocenters. The summed E-state index contributed by atoms with van der Waals surface area (Å²) < 4.78 is 28.3. The number of unbranched alkanes of at least 4 members (excludes halogenated alkanes) is 2. The van der Waals surface area contributed by atoms with Crippen LogP contribution in [0.15, 0.2) is 41.3 Å². The zero-order valence-corrected chi connectivity index (χ0v) is 17.8. The van der Waals surface area contributed by atoms with E-state index in [1.54, 1.807) is 12.1 Å². The van der Waals surface area contributed by atoms with Gasteiger partial charge in [0.25, 0.3) is 0 Å². The molecule has 0 bridgehead atoms. The summed E-state index contributed by atoms with van der Waals surface area (Å²) in [4.78, 5) is 13.7. The molecule has 0 spiro atoms. The van der Waals surface area contributed by atoms with Crippen molar-refractivity contribution < 1.29 is 13.2 Å². The standard InChI is InChI=1S/C21H31N3O3S/c1-4-10-21(25)22-15-6-5-7-16-23-28(26,27)20-14-9-11-17-18(20)12-8-13-19(17)24(2)3/h8-9,11-14,23H,4-7,10,15-16H2,1-3H3,(H,22,25). The van der Waals surface area contributed by atoms with E-state index in [1.165, 1.54) is 0 Å². The second-order valence-corrected chi connectivity index (χ2v) is 8.82. The fourth-order valence-electron chi connectivity index (χ4n) is 3.14. The van der Waals surface area contributed by atoms with Gasteiger partial charge in [0.2, 0.25) is 15.9 Å². The minimum Gasteiger partial charge on any atom is -0.377 e. The third kappa shape index (κ3) is 5.94. The number of hydrogen-bond acceptors (Lipinski definition) is 4. The lowest BCUT2D eigenvalue weighted by molar-refractivity contribution is -0.121. The number of fused-ring (bicyclic) bond motifs is 1. The monoisotopic (exact) mass is 405 g/mol. The molecule has 1 amide bonds. The van der Waals surface area contributed by atoms with Crippen molar-refractivity contribution in [3.05, 3.63) is 36.4 Å². The maximum atomic E-state index is 12.8. The van der Waals surface area contributed by atoms with Gasteiger partial charge in [-0.2, -0.15) is 0 Å². The highest BCUT2D eigenvalue weighted by Crippen LogP contribution is 2.30. The number of hydrogen-bond donors (Lipinski definition) is 2. The van der Waals surface area contributed by atoms with Crippen LogP contribution in [0.4, 0.5) is 5.69 Å². The smallest absolute Gasteiger partial charge is 0.241 e. The van der Waals surface area contributed by atoms with Crippen LogP contribution < -0.4 is 14.9 Å². The van der Waals surface area contributed by atoms with Gasteiger partial charge in [0, 0.05) is 50.1 Å². The molecule has 2 aromatic rings. The van der Waals surface area contributed by atoms with Crippen molar-refractivity contribution in [2.24, 2.45) is 0 Å². The van der Waals surface area contributed by atoms with Gasteiger partial charge in [-0.3, -0.25) is 4.79 Å². The van der Waals surface area contributed by atoms with Crippen LogP contribution in [0.5, 0.6) is 0 Å². The summed E-state index contributed by atoms with van der Waals surface area (Å²) in [6.45, 7) is 3.00. The van der Waals surface area contributed by atoms with Gasteiger partial charge in [-0.1, -0.05) is 37.6 Å². The van der Waals surface area contributed by atoms with E-state index in [-0.39, 0.29) is 5.91 Å². The van der Waals surface area contributed by atoms with Crippen LogP contribution >= 0.6 is 0 Å². The van der Waals surface area contributed by atoms with E-state index in [2.05, 4.69) is 10.0 Å². The number of carbonyl (C=O) groups excluding carboxylic acids is 1. The second kappa shape index (κ2) is 10.4. The fourth-order valence-corrected chi connectivity index (χ4v) is 4.44. The third-order valence-corrected chi connectivity index (χ3v) is 6.09. The van der Waals surface area contributed by atoms with Gasteiger partial charge in [-0.15, -0.1) is 0 Å². The Hall–Kier alpha value is -2.12. The van der Waals surface area contributed by atoms with Crippen LogP contribution in [0.1, 0.15) is 39.0 Å². The molecule has 0 aliphatic rings. The van der Waals surface area contributed by atoms with E-state index in [0.29, 0.717) is 24.4 Å². The molecule has 0 fully saturated rings. The fraction of sp³-hybridized carbons (Fsp3) is 0.476. The van der Waals surface area contributed by atoms with E-state index < -0.39 is 10.0 Å². The molecule has 2 rings (SSSR count). The van der Waals surface area contributed by atoms with Crippen LogP contribution in [0.25, 0.3) is 10.8 Å². The molecule has 154 valence electrons. The molecule has 28 heavy (non-hydrogen) atoms. The van der Waals surface area contributed by atoms with Crippen molar-refractivity contribution in [3.8, 4) is 0 Å². The van der Waals surface area contributed by atoms with Crippen LogP contribution in [0.3, 0.4) is 0 Å². The molecule has 6 nitrogen and oxygen atoms in total. The van der Waals surface area contributed by atoms with Gasteiger partial charge in [-0.25, -0.2) is 13.1 Å². The number of carbonyl (C=O) groups is 1. The Kier molecular flexibility index (Phi) is 8.26. The van der Waals surface area contributed by atoms with Crippen LogP contribution in [0.2, 0.25) is 0 Å². The number of nitrogens with one attached hydrogen (secondary N) is 2. The van der Waals surface area contributed by atoms with Crippen LogP contribution in [0, 0.1) is 0 Å². The molecular weight excluding hydrogens is 374 g/mol. The molecular formula is C21H31N3O3S. The summed E-state index contributed by atoms with van der Waals surface area (Å²) >= 11 is 0. The molecule has 7 heteroatoms. The highest BCUT2D eigenvalue weighted by molar-refractivity contribution is 7.89. The number of benzene rings is 2. The van der Waals surface area contributed by atoms with Crippen molar-refractivity contribution in [2.45, 2.75) is 43.9 Å². The first-order valence-electron chi connectivity index (χ1n) is 9.82. The topological polar surface area (TPSA) is 78.5 Å². The Morgan fingerprint density at radius 2 is 1.64 bits per heavy atom. The van der Waals surface area contributed by atoms with Crippen molar-refractivity contribution in [1.82, 2.24) is 10.0 Å². The van der Waals surface area contributed by atoms with Gasteiger partial charge in [0.15, 0.2) is 0 Å². The summed E-state index contributed by atoms with van der Waals surface area (Å²) in [7, 11) is 0.306. The lowest BCUT2D eigenvalue weighted by atomic mass is 10.1. The number of rotatable bonds is 11. The van der Waals surface area contributed by atoms with Gasteiger partial charge < -0.3 is 10.2 Å².